The SMILES string of the molecule is COc1cc2c(cc1[N+](=O)[O-])oc1cc(C)ccc12. The van der Waals surface area contributed by atoms with E-state index in [9.17, 15) is 10.1 Å². The summed E-state index contributed by atoms with van der Waals surface area (Å²) in [4.78, 5) is 10.5. The van der Waals surface area contributed by atoms with Crippen LogP contribution in [-0.2, 0) is 0 Å². The number of methoxy groups -OCH3 is 1. The van der Waals surface area contributed by atoms with Crippen molar-refractivity contribution in [2.75, 3.05) is 7.11 Å². The Morgan fingerprint density at radius 2 is 1.89 bits per heavy atom. The second kappa shape index (κ2) is 3.98. The van der Waals surface area contributed by atoms with E-state index in [0.717, 1.165) is 21.9 Å². The van der Waals surface area contributed by atoms with Crippen molar-refractivity contribution in [2.24, 2.45) is 0 Å². The molecule has 1 heterocycles. The zero-order valence-electron chi connectivity index (χ0n) is 10.5. The summed E-state index contributed by atoms with van der Waals surface area (Å²) in [5.41, 5.74) is 2.20. The lowest BCUT2D eigenvalue weighted by Crippen LogP contribution is -1.93. The second-order valence-corrected chi connectivity index (χ2v) is 4.38. The van der Waals surface area contributed by atoms with Crippen LogP contribution in [-0.4, -0.2) is 12.0 Å². The summed E-state index contributed by atoms with van der Waals surface area (Å²) >= 11 is 0. The van der Waals surface area contributed by atoms with Gasteiger partial charge in [0, 0.05) is 10.8 Å². The molecule has 0 amide bonds. The van der Waals surface area contributed by atoms with Crippen LogP contribution in [0.3, 0.4) is 0 Å². The van der Waals surface area contributed by atoms with Crippen LogP contribution in [0.5, 0.6) is 5.75 Å². The van der Waals surface area contributed by atoms with Gasteiger partial charge in [0.05, 0.1) is 18.1 Å². The van der Waals surface area contributed by atoms with Crippen LogP contribution in [0, 0.1) is 17.0 Å². The molecule has 0 fully saturated rings. The van der Waals surface area contributed by atoms with Gasteiger partial charge in [-0.25, -0.2) is 0 Å². The zero-order valence-corrected chi connectivity index (χ0v) is 10.5. The third-order valence-electron chi connectivity index (χ3n) is 3.12. The fourth-order valence-electron chi connectivity index (χ4n) is 2.21. The van der Waals surface area contributed by atoms with Crippen LogP contribution in [0.4, 0.5) is 5.69 Å². The molecule has 0 saturated carbocycles. The average molecular weight is 257 g/mol. The fraction of sp³-hybridized carbons (Fsp3) is 0.143. The van der Waals surface area contributed by atoms with Gasteiger partial charge in [0.25, 0.3) is 0 Å². The summed E-state index contributed by atoms with van der Waals surface area (Å²) in [5.74, 6) is 0.237. The van der Waals surface area contributed by atoms with Crippen molar-refractivity contribution in [3.63, 3.8) is 0 Å². The lowest BCUT2D eigenvalue weighted by atomic mass is 10.1. The molecular weight excluding hydrogens is 246 g/mol. The maximum atomic E-state index is 11.0. The normalized spacial score (nSPS) is 11.1. The van der Waals surface area contributed by atoms with E-state index in [1.165, 1.54) is 13.2 Å². The van der Waals surface area contributed by atoms with E-state index >= 15 is 0 Å². The highest BCUT2D eigenvalue weighted by Gasteiger charge is 2.19. The van der Waals surface area contributed by atoms with Crippen molar-refractivity contribution in [1.82, 2.24) is 0 Å². The van der Waals surface area contributed by atoms with Crippen molar-refractivity contribution in [3.05, 3.63) is 46.0 Å². The predicted molar refractivity (Wildman–Crippen MR) is 71.7 cm³/mol. The summed E-state index contributed by atoms with van der Waals surface area (Å²) in [6, 6.07) is 8.89. The Balaban J connectivity index is 2.41. The van der Waals surface area contributed by atoms with Crippen LogP contribution in [0.2, 0.25) is 0 Å². The van der Waals surface area contributed by atoms with E-state index in [-0.39, 0.29) is 11.4 Å². The number of hydrogen-bond acceptors (Lipinski definition) is 4. The molecule has 19 heavy (non-hydrogen) atoms. The van der Waals surface area contributed by atoms with Crippen molar-refractivity contribution >= 4 is 27.6 Å². The molecule has 0 radical (unpaired) electrons. The number of aryl methyl sites for hydroxylation is 1. The molecule has 0 saturated heterocycles. The Bertz CT molecular complexity index is 804. The summed E-state index contributed by atoms with van der Waals surface area (Å²) in [5, 5.41) is 12.7. The van der Waals surface area contributed by atoms with Crippen molar-refractivity contribution in [2.45, 2.75) is 6.92 Å². The van der Waals surface area contributed by atoms with E-state index in [4.69, 9.17) is 9.15 Å². The molecule has 3 aromatic rings. The van der Waals surface area contributed by atoms with Gasteiger partial charge in [0.1, 0.15) is 11.2 Å². The first-order valence-corrected chi connectivity index (χ1v) is 5.75. The number of nitro benzene ring substituents is 1. The van der Waals surface area contributed by atoms with Crippen molar-refractivity contribution < 1.29 is 14.1 Å². The Hall–Kier alpha value is -2.56. The number of ether oxygens (including phenoxy) is 1. The predicted octanol–water partition coefficient (Wildman–Crippen LogP) is 3.81. The molecule has 2 aromatic carbocycles. The molecular formula is C14H11NO4. The molecule has 0 unspecified atom stereocenters. The quantitative estimate of drug-likeness (QED) is 0.517. The maximum Gasteiger partial charge on any atom is 0.314 e. The molecule has 0 aliphatic carbocycles. The van der Waals surface area contributed by atoms with Crippen LogP contribution < -0.4 is 4.74 Å². The number of fused-ring (bicyclic) bond motifs is 3. The highest BCUT2D eigenvalue weighted by molar-refractivity contribution is 6.06. The smallest absolute Gasteiger partial charge is 0.314 e. The minimum absolute atomic E-state index is 0.0919. The zero-order chi connectivity index (χ0) is 13.6. The molecule has 5 nitrogen and oxygen atoms in total. The molecule has 3 rings (SSSR count). The first-order valence-electron chi connectivity index (χ1n) is 5.75. The summed E-state index contributed by atoms with van der Waals surface area (Å²) in [6.07, 6.45) is 0. The molecule has 0 bridgehead atoms. The van der Waals surface area contributed by atoms with Gasteiger partial charge in [-0.2, -0.15) is 0 Å². The van der Waals surface area contributed by atoms with Crippen molar-refractivity contribution in [1.29, 1.82) is 0 Å². The molecule has 0 aliphatic rings. The minimum atomic E-state index is -0.475. The Labute approximate surface area is 108 Å². The van der Waals surface area contributed by atoms with Gasteiger partial charge in [0.15, 0.2) is 5.75 Å². The van der Waals surface area contributed by atoms with E-state index < -0.39 is 4.92 Å². The van der Waals surface area contributed by atoms with Crippen molar-refractivity contribution in [3.8, 4) is 5.75 Å². The van der Waals surface area contributed by atoms with E-state index in [1.54, 1.807) is 6.07 Å². The number of rotatable bonds is 2. The topological polar surface area (TPSA) is 65.5 Å². The molecule has 0 aliphatic heterocycles. The monoisotopic (exact) mass is 257 g/mol. The molecule has 0 N–H and O–H groups in total. The first kappa shape index (κ1) is 11.5. The largest absolute Gasteiger partial charge is 0.490 e. The first-order chi connectivity index (χ1) is 9.10. The Morgan fingerprint density at radius 1 is 1.16 bits per heavy atom. The Morgan fingerprint density at radius 3 is 2.58 bits per heavy atom. The van der Waals surface area contributed by atoms with Gasteiger partial charge in [-0.15, -0.1) is 0 Å². The highest BCUT2D eigenvalue weighted by atomic mass is 16.6. The molecule has 0 spiro atoms. The van der Waals surface area contributed by atoms with E-state index in [2.05, 4.69) is 0 Å². The van der Waals surface area contributed by atoms with Crippen LogP contribution in [0.1, 0.15) is 5.56 Å². The number of nitro groups is 1. The van der Waals surface area contributed by atoms with Crippen LogP contribution in [0.15, 0.2) is 34.7 Å². The molecule has 1 aromatic heterocycles. The lowest BCUT2D eigenvalue weighted by Gasteiger charge is -2.00. The minimum Gasteiger partial charge on any atom is -0.490 e. The molecule has 0 atom stereocenters. The van der Waals surface area contributed by atoms with Crippen LogP contribution in [0.25, 0.3) is 21.9 Å². The van der Waals surface area contributed by atoms with E-state index in [0.29, 0.717) is 5.58 Å². The van der Waals surface area contributed by atoms with E-state index in [1.807, 2.05) is 25.1 Å². The van der Waals surface area contributed by atoms with Gasteiger partial charge in [-0.1, -0.05) is 12.1 Å². The summed E-state index contributed by atoms with van der Waals surface area (Å²) in [6.45, 7) is 1.97. The molecule has 5 heteroatoms. The van der Waals surface area contributed by atoms with Gasteiger partial charge in [-0.05, 0) is 24.6 Å². The molecule has 96 valence electrons. The summed E-state index contributed by atoms with van der Waals surface area (Å²) in [7, 11) is 1.42. The van der Waals surface area contributed by atoms with Gasteiger partial charge < -0.3 is 9.15 Å². The number of furan rings is 1. The van der Waals surface area contributed by atoms with Gasteiger partial charge in [-0.3, -0.25) is 10.1 Å². The average Bonchev–Trinajstić information content (AvgIpc) is 2.73. The second-order valence-electron chi connectivity index (χ2n) is 4.38. The maximum absolute atomic E-state index is 11.0. The lowest BCUT2D eigenvalue weighted by molar-refractivity contribution is -0.385. The summed E-state index contributed by atoms with van der Waals surface area (Å²) < 4.78 is 10.7. The third kappa shape index (κ3) is 1.71. The Kier molecular flexibility index (Phi) is 2.41. The fourth-order valence-corrected chi connectivity index (χ4v) is 2.21. The third-order valence-corrected chi connectivity index (χ3v) is 3.12. The van der Waals surface area contributed by atoms with Crippen LogP contribution >= 0.6 is 0 Å². The number of benzene rings is 2. The van der Waals surface area contributed by atoms with Gasteiger partial charge >= 0.3 is 5.69 Å². The standard InChI is InChI=1S/C14H11NO4/c1-8-3-4-9-10-6-14(18-2)11(15(16)17)7-13(10)19-12(9)5-8/h3-7H,1-2H3. The number of hydrogen-bond donors (Lipinski definition) is 0. The highest BCUT2D eigenvalue weighted by Crippen LogP contribution is 2.37. The van der Waals surface area contributed by atoms with Gasteiger partial charge in [0.2, 0.25) is 0 Å². The number of nitrogens with zero attached hydrogens (tertiary/aromatic N) is 1.